The van der Waals surface area contributed by atoms with Crippen LogP contribution in [0.1, 0.15) is 51.6 Å². The minimum absolute atomic E-state index is 0.0948. The molecule has 5 nitrogen and oxygen atoms in total. The van der Waals surface area contributed by atoms with Gasteiger partial charge in [0.25, 0.3) is 0 Å². The number of hydrogen-bond acceptors (Lipinski definition) is 5. The summed E-state index contributed by atoms with van der Waals surface area (Å²) < 4.78 is 11.0. The largest absolute Gasteiger partial charge is 0.423 e. The summed E-state index contributed by atoms with van der Waals surface area (Å²) in [7, 11) is 0. The molecule has 4 aromatic carbocycles. The lowest BCUT2D eigenvalue weighted by Crippen LogP contribution is -2.18. The first kappa shape index (κ1) is 26.6. The first-order valence-electron chi connectivity index (χ1n) is 13.2. The van der Waals surface area contributed by atoms with E-state index in [4.69, 9.17) is 9.47 Å². The number of ketones is 1. The Morgan fingerprint density at radius 1 is 0.650 bits per heavy atom. The molecule has 0 spiro atoms. The highest BCUT2D eigenvalue weighted by atomic mass is 16.5. The van der Waals surface area contributed by atoms with E-state index in [-0.39, 0.29) is 11.7 Å². The van der Waals surface area contributed by atoms with E-state index in [2.05, 4.69) is 6.92 Å². The van der Waals surface area contributed by atoms with Gasteiger partial charge in [-0.05, 0) is 83.6 Å². The van der Waals surface area contributed by atoms with E-state index in [9.17, 15) is 14.4 Å². The quantitative estimate of drug-likeness (QED) is 0.146. The summed E-state index contributed by atoms with van der Waals surface area (Å²) >= 11 is 0. The van der Waals surface area contributed by atoms with Crippen LogP contribution in [-0.4, -0.2) is 17.7 Å². The summed E-state index contributed by atoms with van der Waals surface area (Å²) in [6, 6.07) is 32.0. The lowest BCUT2D eigenvalue weighted by atomic mass is 9.79. The van der Waals surface area contributed by atoms with Crippen LogP contribution in [0, 0.1) is 5.92 Å². The maximum Gasteiger partial charge on any atom is 0.343 e. The van der Waals surface area contributed by atoms with E-state index in [1.54, 1.807) is 72.8 Å². The Labute approximate surface area is 233 Å². The third kappa shape index (κ3) is 6.51. The summed E-state index contributed by atoms with van der Waals surface area (Å²) in [4.78, 5) is 37.7. The summed E-state index contributed by atoms with van der Waals surface area (Å²) in [5.41, 5.74) is 4.35. The van der Waals surface area contributed by atoms with Gasteiger partial charge in [-0.3, -0.25) is 4.79 Å². The second-order valence-corrected chi connectivity index (χ2v) is 9.67. The highest BCUT2D eigenvalue weighted by Gasteiger charge is 2.25. The van der Waals surface area contributed by atoms with Crippen molar-refractivity contribution in [1.29, 1.82) is 0 Å². The number of carbonyl (C=O) groups is 3. The Hall–Kier alpha value is -5.03. The molecule has 5 heteroatoms. The van der Waals surface area contributed by atoms with Gasteiger partial charge in [0.05, 0.1) is 11.1 Å². The Morgan fingerprint density at radius 2 is 1.10 bits per heavy atom. The van der Waals surface area contributed by atoms with Crippen LogP contribution >= 0.6 is 0 Å². The van der Waals surface area contributed by atoms with Gasteiger partial charge in [-0.2, -0.15) is 0 Å². The van der Waals surface area contributed by atoms with Crippen LogP contribution < -0.4 is 9.47 Å². The molecule has 0 N–H and O–H groups in total. The summed E-state index contributed by atoms with van der Waals surface area (Å²) in [6.45, 7) is 2.12. The zero-order valence-electron chi connectivity index (χ0n) is 22.1. The molecule has 40 heavy (non-hydrogen) atoms. The van der Waals surface area contributed by atoms with E-state index in [1.807, 2.05) is 48.6 Å². The van der Waals surface area contributed by atoms with Crippen molar-refractivity contribution in [3.05, 3.63) is 143 Å². The van der Waals surface area contributed by atoms with Crippen LogP contribution in [-0.2, 0) is 4.79 Å². The lowest BCUT2D eigenvalue weighted by Gasteiger charge is -2.24. The average Bonchev–Trinajstić information content (AvgIpc) is 2.99. The van der Waals surface area contributed by atoms with E-state index in [0.29, 0.717) is 34.6 Å². The predicted octanol–water partition coefficient (Wildman–Crippen LogP) is 7.59. The fraction of sp³-hybridized carbons (Fsp3) is 0.114. The van der Waals surface area contributed by atoms with Gasteiger partial charge in [-0.15, -0.1) is 0 Å². The van der Waals surface area contributed by atoms with Gasteiger partial charge in [0.2, 0.25) is 0 Å². The van der Waals surface area contributed by atoms with E-state index < -0.39 is 11.9 Å². The average molecular weight is 529 g/mol. The molecular weight excluding hydrogens is 500 g/mol. The predicted molar refractivity (Wildman–Crippen MR) is 155 cm³/mol. The van der Waals surface area contributed by atoms with Crippen molar-refractivity contribution in [3.63, 3.8) is 0 Å². The molecule has 198 valence electrons. The van der Waals surface area contributed by atoms with Crippen LogP contribution in [0.5, 0.6) is 11.5 Å². The molecular formula is C35H28O5. The van der Waals surface area contributed by atoms with Gasteiger partial charge >= 0.3 is 11.9 Å². The highest BCUT2D eigenvalue weighted by molar-refractivity contribution is 6.06. The zero-order valence-corrected chi connectivity index (χ0v) is 22.1. The molecule has 1 aliphatic rings. The third-order valence-corrected chi connectivity index (χ3v) is 6.78. The molecule has 1 saturated carbocycles. The zero-order chi connectivity index (χ0) is 27.9. The molecule has 0 saturated heterocycles. The second kappa shape index (κ2) is 12.2. The summed E-state index contributed by atoms with van der Waals surface area (Å²) in [5.74, 6) is 0.345. The molecule has 0 amide bonds. The molecule has 0 aliphatic heterocycles. The smallest absolute Gasteiger partial charge is 0.343 e. The number of carbonyl (C=O) groups excluding carboxylic acids is 3. The monoisotopic (exact) mass is 528 g/mol. The Morgan fingerprint density at radius 3 is 1.57 bits per heavy atom. The summed E-state index contributed by atoms with van der Waals surface area (Å²) in [5, 5.41) is 0. The Kier molecular flexibility index (Phi) is 8.12. The van der Waals surface area contributed by atoms with Crippen molar-refractivity contribution in [2.75, 3.05) is 0 Å². The van der Waals surface area contributed by atoms with Crippen LogP contribution in [0.4, 0.5) is 0 Å². The van der Waals surface area contributed by atoms with E-state index >= 15 is 0 Å². The van der Waals surface area contributed by atoms with Crippen LogP contribution in [0.3, 0.4) is 0 Å². The van der Waals surface area contributed by atoms with Gasteiger partial charge < -0.3 is 9.47 Å². The maximum absolute atomic E-state index is 13.0. The topological polar surface area (TPSA) is 69.7 Å². The van der Waals surface area contributed by atoms with Crippen molar-refractivity contribution >= 4 is 29.9 Å². The van der Waals surface area contributed by atoms with Crippen molar-refractivity contribution in [3.8, 4) is 11.5 Å². The molecule has 0 aromatic heterocycles. The number of rotatable bonds is 6. The molecule has 0 heterocycles. The number of allylic oxidation sites excluding steroid dienone is 2. The summed E-state index contributed by atoms with van der Waals surface area (Å²) in [6.07, 6.45) is 5.18. The molecule has 1 aliphatic carbocycles. The number of ether oxygens (including phenoxy) is 2. The van der Waals surface area contributed by atoms with Crippen molar-refractivity contribution in [2.24, 2.45) is 5.92 Å². The maximum atomic E-state index is 13.0. The van der Waals surface area contributed by atoms with Gasteiger partial charge in [-0.25, -0.2) is 9.59 Å². The SMILES string of the molecule is CC1CCC(=O)C(=C\c2ccc(OC(=O)c3ccccc3)cc2)/C1=C\c1ccc(OC(=O)c2ccccc2)cc1. The number of esters is 2. The first-order chi connectivity index (χ1) is 19.5. The third-order valence-electron chi connectivity index (χ3n) is 6.78. The van der Waals surface area contributed by atoms with E-state index in [1.165, 1.54) is 0 Å². The van der Waals surface area contributed by atoms with Crippen LogP contribution in [0.2, 0.25) is 0 Å². The van der Waals surface area contributed by atoms with Gasteiger partial charge in [-0.1, -0.05) is 73.7 Å². The van der Waals surface area contributed by atoms with Crippen molar-refractivity contribution in [1.82, 2.24) is 0 Å². The Bertz CT molecular complexity index is 1560. The van der Waals surface area contributed by atoms with Gasteiger partial charge in [0.1, 0.15) is 11.5 Å². The van der Waals surface area contributed by atoms with Gasteiger partial charge in [0.15, 0.2) is 5.78 Å². The highest BCUT2D eigenvalue weighted by Crippen LogP contribution is 2.34. The lowest BCUT2D eigenvalue weighted by molar-refractivity contribution is -0.116. The second-order valence-electron chi connectivity index (χ2n) is 9.67. The van der Waals surface area contributed by atoms with Crippen molar-refractivity contribution in [2.45, 2.75) is 19.8 Å². The molecule has 0 radical (unpaired) electrons. The number of hydrogen-bond donors (Lipinski definition) is 0. The van der Waals surface area contributed by atoms with Crippen molar-refractivity contribution < 1.29 is 23.9 Å². The molecule has 5 rings (SSSR count). The molecule has 0 bridgehead atoms. The molecule has 1 unspecified atom stereocenters. The Balaban J connectivity index is 1.33. The minimum atomic E-state index is -0.422. The van der Waals surface area contributed by atoms with Crippen LogP contribution in [0.25, 0.3) is 12.2 Å². The first-order valence-corrected chi connectivity index (χ1v) is 13.2. The van der Waals surface area contributed by atoms with Gasteiger partial charge in [0, 0.05) is 12.0 Å². The number of Topliss-reactive ketones (excluding diaryl/α,β-unsaturated/α-hetero) is 1. The van der Waals surface area contributed by atoms with Crippen LogP contribution in [0.15, 0.2) is 120 Å². The van der Waals surface area contributed by atoms with E-state index in [0.717, 1.165) is 23.1 Å². The number of benzene rings is 4. The standard InChI is InChI=1S/C35H28O5/c1-24-12-21-33(36)32(23-26-15-19-30(20-16-26)40-35(38)28-10-6-3-7-11-28)31(24)22-25-13-17-29(18-14-25)39-34(37)27-8-4-2-5-9-27/h2-11,13-20,22-24H,12,21H2,1H3/b31-22-,32-23-. The molecule has 4 aromatic rings. The molecule has 1 atom stereocenters. The molecule has 1 fully saturated rings. The minimum Gasteiger partial charge on any atom is -0.423 e. The normalized spacial score (nSPS) is 17.0. The fourth-order valence-electron chi connectivity index (χ4n) is 4.54. The fourth-order valence-corrected chi connectivity index (χ4v) is 4.54.